The topological polar surface area (TPSA) is 70.9 Å². The van der Waals surface area contributed by atoms with Crippen molar-refractivity contribution in [1.29, 1.82) is 0 Å². The van der Waals surface area contributed by atoms with Gasteiger partial charge in [-0.1, -0.05) is 0 Å². The standard InChI is InChI=1S/C20H31N5O3/c1-22-18(4-7-21-22)20(27)23-9-5-17(6-10-23)25-8-2-3-16(15-25)19(26)24-11-13-28-14-12-24/h4,7,16-17H,2-3,5-6,8-15H2,1H3/t16-/m0/s1. The summed E-state index contributed by atoms with van der Waals surface area (Å²) in [5.41, 5.74) is 0.646. The lowest BCUT2D eigenvalue weighted by Crippen LogP contribution is -2.53. The normalized spacial score (nSPS) is 25.1. The second-order valence-corrected chi connectivity index (χ2v) is 8.14. The van der Waals surface area contributed by atoms with Gasteiger partial charge < -0.3 is 14.5 Å². The second kappa shape index (κ2) is 8.61. The van der Waals surface area contributed by atoms with Crippen molar-refractivity contribution in [3.8, 4) is 0 Å². The summed E-state index contributed by atoms with van der Waals surface area (Å²) in [6.45, 7) is 6.23. The average molecular weight is 390 g/mol. The average Bonchev–Trinajstić information content (AvgIpc) is 3.19. The van der Waals surface area contributed by atoms with Crippen molar-refractivity contribution in [3.05, 3.63) is 18.0 Å². The van der Waals surface area contributed by atoms with Crippen LogP contribution in [0, 0.1) is 5.92 Å². The molecule has 3 saturated heterocycles. The number of nitrogens with zero attached hydrogens (tertiary/aromatic N) is 5. The first-order valence-corrected chi connectivity index (χ1v) is 10.5. The van der Waals surface area contributed by atoms with Gasteiger partial charge in [-0.05, 0) is 38.3 Å². The molecule has 0 spiro atoms. The molecule has 8 nitrogen and oxygen atoms in total. The highest BCUT2D eigenvalue weighted by Crippen LogP contribution is 2.26. The Kier molecular flexibility index (Phi) is 5.96. The number of hydrogen-bond donors (Lipinski definition) is 0. The van der Waals surface area contributed by atoms with Crippen LogP contribution in [0.1, 0.15) is 36.2 Å². The van der Waals surface area contributed by atoms with Gasteiger partial charge in [0.2, 0.25) is 5.91 Å². The number of rotatable bonds is 3. The number of hydrogen-bond acceptors (Lipinski definition) is 5. The lowest BCUT2D eigenvalue weighted by molar-refractivity contribution is -0.141. The van der Waals surface area contributed by atoms with Crippen molar-refractivity contribution in [3.63, 3.8) is 0 Å². The van der Waals surface area contributed by atoms with Gasteiger partial charge in [-0.2, -0.15) is 5.10 Å². The van der Waals surface area contributed by atoms with Crippen LogP contribution in [0.25, 0.3) is 0 Å². The molecular formula is C20H31N5O3. The maximum atomic E-state index is 12.9. The third-order valence-corrected chi connectivity index (χ3v) is 6.43. The number of ether oxygens (including phenoxy) is 1. The zero-order valence-corrected chi connectivity index (χ0v) is 16.8. The zero-order valence-electron chi connectivity index (χ0n) is 16.8. The molecule has 0 saturated carbocycles. The van der Waals surface area contributed by atoms with Gasteiger partial charge in [0, 0.05) is 52.0 Å². The third kappa shape index (κ3) is 4.07. The summed E-state index contributed by atoms with van der Waals surface area (Å²) in [4.78, 5) is 32.0. The smallest absolute Gasteiger partial charge is 0.272 e. The quantitative estimate of drug-likeness (QED) is 0.757. The molecule has 1 aromatic rings. The van der Waals surface area contributed by atoms with Crippen molar-refractivity contribution in [2.24, 2.45) is 13.0 Å². The largest absolute Gasteiger partial charge is 0.378 e. The Balaban J connectivity index is 1.30. The van der Waals surface area contributed by atoms with E-state index in [1.54, 1.807) is 24.0 Å². The van der Waals surface area contributed by atoms with Crippen LogP contribution < -0.4 is 0 Å². The summed E-state index contributed by atoms with van der Waals surface area (Å²) in [5.74, 6) is 0.482. The minimum atomic E-state index is 0.0671. The molecular weight excluding hydrogens is 358 g/mol. The lowest BCUT2D eigenvalue weighted by atomic mass is 9.92. The van der Waals surface area contributed by atoms with Gasteiger partial charge in [-0.25, -0.2) is 0 Å². The van der Waals surface area contributed by atoms with Crippen LogP contribution >= 0.6 is 0 Å². The molecule has 0 unspecified atom stereocenters. The van der Waals surface area contributed by atoms with Gasteiger partial charge >= 0.3 is 0 Å². The summed E-state index contributed by atoms with van der Waals surface area (Å²) >= 11 is 0. The Morgan fingerprint density at radius 3 is 2.46 bits per heavy atom. The van der Waals surface area contributed by atoms with Crippen LogP contribution in [0.4, 0.5) is 0 Å². The van der Waals surface area contributed by atoms with Crippen molar-refractivity contribution in [1.82, 2.24) is 24.5 Å². The molecule has 3 fully saturated rings. The van der Waals surface area contributed by atoms with E-state index in [4.69, 9.17) is 4.74 Å². The molecule has 1 aromatic heterocycles. The van der Waals surface area contributed by atoms with Gasteiger partial charge in [-0.3, -0.25) is 19.2 Å². The van der Waals surface area contributed by atoms with Gasteiger partial charge in [0.25, 0.3) is 5.91 Å². The number of amides is 2. The summed E-state index contributed by atoms with van der Waals surface area (Å²) in [5, 5.41) is 4.10. The molecule has 0 aromatic carbocycles. The predicted molar refractivity (Wildman–Crippen MR) is 104 cm³/mol. The Bertz CT molecular complexity index is 692. The molecule has 28 heavy (non-hydrogen) atoms. The molecule has 0 bridgehead atoms. The highest BCUT2D eigenvalue weighted by Gasteiger charge is 2.34. The van der Waals surface area contributed by atoms with E-state index in [-0.39, 0.29) is 11.8 Å². The molecule has 0 aliphatic carbocycles. The highest BCUT2D eigenvalue weighted by atomic mass is 16.5. The summed E-state index contributed by atoms with van der Waals surface area (Å²) in [6.07, 6.45) is 5.68. The van der Waals surface area contributed by atoms with Crippen LogP contribution in [0.3, 0.4) is 0 Å². The van der Waals surface area contributed by atoms with E-state index in [9.17, 15) is 9.59 Å². The maximum absolute atomic E-state index is 12.9. The zero-order chi connectivity index (χ0) is 19.5. The van der Waals surface area contributed by atoms with Crippen molar-refractivity contribution >= 4 is 11.8 Å². The fraction of sp³-hybridized carbons (Fsp3) is 0.750. The summed E-state index contributed by atoms with van der Waals surface area (Å²) in [6, 6.07) is 2.25. The lowest BCUT2D eigenvalue weighted by Gasteiger charge is -2.43. The Labute approximate surface area is 166 Å². The summed E-state index contributed by atoms with van der Waals surface area (Å²) < 4.78 is 7.01. The number of carbonyl (C=O) groups excluding carboxylic acids is 2. The Morgan fingerprint density at radius 1 is 1.04 bits per heavy atom. The fourth-order valence-corrected chi connectivity index (χ4v) is 4.76. The van der Waals surface area contributed by atoms with E-state index in [2.05, 4.69) is 10.00 Å². The van der Waals surface area contributed by atoms with Crippen LogP contribution in [0.5, 0.6) is 0 Å². The number of morpholine rings is 1. The van der Waals surface area contributed by atoms with Crippen molar-refractivity contribution < 1.29 is 14.3 Å². The minimum Gasteiger partial charge on any atom is -0.378 e. The minimum absolute atomic E-state index is 0.0671. The van der Waals surface area contributed by atoms with Gasteiger partial charge in [-0.15, -0.1) is 0 Å². The first-order chi connectivity index (χ1) is 13.6. The Morgan fingerprint density at radius 2 is 1.79 bits per heavy atom. The van der Waals surface area contributed by atoms with E-state index >= 15 is 0 Å². The van der Waals surface area contributed by atoms with E-state index in [0.29, 0.717) is 30.9 Å². The number of aryl methyl sites for hydroxylation is 1. The van der Waals surface area contributed by atoms with Crippen LogP contribution in [-0.4, -0.2) is 94.8 Å². The maximum Gasteiger partial charge on any atom is 0.272 e. The third-order valence-electron chi connectivity index (χ3n) is 6.43. The van der Waals surface area contributed by atoms with Crippen LogP contribution in [-0.2, 0) is 16.6 Å². The van der Waals surface area contributed by atoms with Crippen molar-refractivity contribution in [2.45, 2.75) is 31.7 Å². The van der Waals surface area contributed by atoms with Crippen molar-refractivity contribution in [2.75, 3.05) is 52.5 Å². The van der Waals surface area contributed by atoms with Crippen LogP contribution in [0.15, 0.2) is 12.3 Å². The van der Waals surface area contributed by atoms with Gasteiger partial charge in [0.05, 0.1) is 19.1 Å². The number of aromatic nitrogens is 2. The van der Waals surface area contributed by atoms with Crippen LogP contribution in [0.2, 0.25) is 0 Å². The first kappa shape index (κ1) is 19.4. The molecule has 3 aliphatic heterocycles. The molecule has 154 valence electrons. The molecule has 0 radical (unpaired) electrons. The van der Waals surface area contributed by atoms with E-state index in [1.165, 1.54) is 0 Å². The SMILES string of the molecule is Cn1nccc1C(=O)N1CCC(N2CCC[C@H](C(=O)N3CCOCC3)C2)CC1. The fourth-order valence-electron chi connectivity index (χ4n) is 4.76. The summed E-state index contributed by atoms with van der Waals surface area (Å²) in [7, 11) is 1.80. The molecule has 0 N–H and O–H groups in total. The molecule has 4 heterocycles. The Hall–Kier alpha value is -1.93. The molecule has 4 rings (SSSR count). The monoisotopic (exact) mass is 389 g/mol. The second-order valence-electron chi connectivity index (χ2n) is 8.14. The van der Waals surface area contributed by atoms with Gasteiger partial charge in [0.15, 0.2) is 0 Å². The molecule has 3 aliphatic rings. The highest BCUT2D eigenvalue weighted by molar-refractivity contribution is 5.92. The van der Waals surface area contributed by atoms with Gasteiger partial charge in [0.1, 0.15) is 5.69 Å². The molecule has 8 heteroatoms. The first-order valence-electron chi connectivity index (χ1n) is 10.5. The number of carbonyl (C=O) groups is 2. The van der Waals surface area contributed by atoms with E-state index in [0.717, 1.165) is 65.0 Å². The molecule has 1 atom stereocenters. The number of likely N-dealkylation sites (tertiary alicyclic amines) is 2. The molecule has 2 amide bonds. The van der Waals surface area contributed by atoms with E-state index in [1.807, 2.05) is 9.80 Å². The van der Waals surface area contributed by atoms with E-state index < -0.39 is 0 Å². The predicted octanol–water partition coefficient (Wildman–Crippen LogP) is 0.596. The number of piperidine rings is 2.